The number of imide groups is 1. The number of nitro benzene ring substituents is 2. The van der Waals surface area contributed by atoms with Crippen LogP contribution in [0.1, 0.15) is 33.6 Å². The van der Waals surface area contributed by atoms with Crippen LogP contribution in [-0.2, 0) is 9.59 Å². The number of amides is 3. The fourth-order valence-corrected chi connectivity index (χ4v) is 4.13. The van der Waals surface area contributed by atoms with Gasteiger partial charge >= 0.3 is 0 Å². The number of benzene rings is 2. The summed E-state index contributed by atoms with van der Waals surface area (Å²) < 4.78 is 0. The lowest BCUT2D eigenvalue weighted by Gasteiger charge is -2.30. The minimum atomic E-state index is -0.872. The van der Waals surface area contributed by atoms with E-state index in [0.717, 1.165) is 29.3 Å². The van der Waals surface area contributed by atoms with Gasteiger partial charge in [-0.2, -0.15) is 5.01 Å². The van der Waals surface area contributed by atoms with E-state index in [-0.39, 0.29) is 22.5 Å². The third-order valence-electron chi connectivity index (χ3n) is 5.98. The van der Waals surface area contributed by atoms with Crippen molar-refractivity contribution in [2.24, 2.45) is 11.8 Å². The monoisotopic (exact) mass is 478 g/mol. The third kappa shape index (κ3) is 4.40. The maximum absolute atomic E-state index is 13.4. The summed E-state index contributed by atoms with van der Waals surface area (Å²) in [5.74, 6) is -4.08. The number of hydrogen-bond donors (Lipinski definition) is 0. The Morgan fingerprint density at radius 3 is 1.66 bits per heavy atom. The summed E-state index contributed by atoms with van der Waals surface area (Å²) in [6.07, 6.45) is 4.20. The van der Waals surface area contributed by atoms with E-state index in [1.807, 2.05) is 0 Å². The molecule has 1 aliphatic heterocycles. The summed E-state index contributed by atoms with van der Waals surface area (Å²) in [7, 11) is 0. The van der Waals surface area contributed by atoms with Gasteiger partial charge in [0.1, 0.15) is 6.54 Å². The maximum atomic E-state index is 13.4. The van der Waals surface area contributed by atoms with Crippen molar-refractivity contribution in [3.05, 3.63) is 92.0 Å². The van der Waals surface area contributed by atoms with Gasteiger partial charge in [0, 0.05) is 35.4 Å². The minimum Gasteiger partial charge on any atom is -0.292 e. The van der Waals surface area contributed by atoms with Crippen LogP contribution in [-0.4, -0.2) is 49.9 Å². The molecule has 12 heteroatoms. The van der Waals surface area contributed by atoms with E-state index in [0.29, 0.717) is 17.9 Å². The van der Waals surface area contributed by atoms with E-state index in [4.69, 9.17) is 0 Å². The maximum Gasteiger partial charge on any atom is 0.273 e. The van der Waals surface area contributed by atoms with Crippen LogP contribution >= 0.6 is 0 Å². The van der Waals surface area contributed by atoms with Gasteiger partial charge in [0.25, 0.3) is 29.1 Å². The topological polar surface area (TPSA) is 161 Å². The van der Waals surface area contributed by atoms with Gasteiger partial charge in [0.15, 0.2) is 5.78 Å². The fraction of sp³-hybridized carbons (Fsp3) is 0.217. The van der Waals surface area contributed by atoms with Gasteiger partial charge in [0.2, 0.25) is 0 Å². The van der Waals surface area contributed by atoms with Crippen LogP contribution in [0.3, 0.4) is 0 Å². The first-order chi connectivity index (χ1) is 16.7. The van der Waals surface area contributed by atoms with Crippen molar-refractivity contribution in [3.63, 3.8) is 0 Å². The number of allylic oxidation sites excluding steroid dienone is 2. The second kappa shape index (κ2) is 9.25. The van der Waals surface area contributed by atoms with Gasteiger partial charge in [-0.3, -0.25) is 39.4 Å². The summed E-state index contributed by atoms with van der Waals surface area (Å²) >= 11 is 0. The minimum absolute atomic E-state index is 0.0373. The molecular formula is C23H18N4O8. The largest absolute Gasteiger partial charge is 0.292 e. The quantitative estimate of drug-likeness (QED) is 0.193. The first-order valence-corrected chi connectivity index (χ1v) is 10.6. The number of Topliss-reactive ketones (excluding diaryl/α,β-unsaturated/α-hetero) is 1. The Bertz CT molecular complexity index is 1240. The van der Waals surface area contributed by atoms with E-state index in [2.05, 4.69) is 0 Å². The zero-order chi connectivity index (χ0) is 25.3. The molecule has 12 nitrogen and oxygen atoms in total. The summed E-state index contributed by atoms with van der Waals surface area (Å²) in [6, 6.07) is 9.22. The molecule has 1 heterocycles. The Hall–Kier alpha value is -4.74. The van der Waals surface area contributed by atoms with Gasteiger partial charge in [-0.05, 0) is 37.1 Å². The molecule has 2 atom stereocenters. The number of nitrogens with zero attached hydrogens (tertiary/aromatic N) is 4. The lowest BCUT2D eigenvalue weighted by molar-refractivity contribution is -0.385. The van der Waals surface area contributed by atoms with E-state index in [1.54, 1.807) is 12.2 Å². The zero-order valence-electron chi connectivity index (χ0n) is 18.1. The summed E-state index contributed by atoms with van der Waals surface area (Å²) in [6.45, 7) is -0.696. The molecule has 2 aromatic rings. The molecule has 4 rings (SSSR count). The molecule has 35 heavy (non-hydrogen) atoms. The molecule has 0 N–H and O–H groups in total. The number of carbonyl (C=O) groups is 4. The van der Waals surface area contributed by atoms with Crippen LogP contribution in [0.15, 0.2) is 60.7 Å². The number of carbonyl (C=O) groups excluding carboxylic acids is 4. The second-order valence-electron chi connectivity index (χ2n) is 8.04. The van der Waals surface area contributed by atoms with Crippen molar-refractivity contribution in [1.29, 1.82) is 0 Å². The Morgan fingerprint density at radius 2 is 1.23 bits per heavy atom. The lowest BCUT2D eigenvalue weighted by Crippen LogP contribution is -2.52. The van der Waals surface area contributed by atoms with Gasteiger partial charge < -0.3 is 0 Å². The number of fused-ring (bicyclic) bond motifs is 1. The Kier molecular flexibility index (Phi) is 6.19. The number of non-ortho nitro benzene ring substituents is 2. The van der Waals surface area contributed by atoms with Crippen LogP contribution < -0.4 is 0 Å². The summed E-state index contributed by atoms with van der Waals surface area (Å²) in [4.78, 5) is 73.1. The van der Waals surface area contributed by atoms with E-state index < -0.39 is 51.7 Å². The van der Waals surface area contributed by atoms with Crippen LogP contribution in [0.2, 0.25) is 0 Å². The molecule has 1 fully saturated rings. The van der Waals surface area contributed by atoms with E-state index in [1.165, 1.54) is 24.3 Å². The summed E-state index contributed by atoms with van der Waals surface area (Å²) in [5, 5.41) is 23.3. The highest BCUT2D eigenvalue weighted by Crippen LogP contribution is 2.36. The van der Waals surface area contributed by atoms with Crippen molar-refractivity contribution in [1.82, 2.24) is 10.0 Å². The molecule has 1 aliphatic carbocycles. The van der Waals surface area contributed by atoms with Crippen LogP contribution in [0.25, 0.3) is 0 Å². The third-order valence-corrected chi connectivity index (χ3v) is 5.98. The standard InChI is InChI=1S/C23H18N4O8/c28-20(14-5-9-16(10-6-14)26(32)33)13-24(21(29)15-7-11-17(12-8-15)27(34)35)25-22(30)18-3-1-2-4-19(18)23(25)31/h1-2,5-12,18-19H,3-4,13H2/t18-,19+. The first kappa shape index (κ1) is 23.4. The van der Waals surface area contributed by atoms with Crippen molar-refractivity contribution in [2.75, 3.05) is 6.54 Å². The normalized spacial score (nSPS) is 18.8. The average Bonchev–Trinajstić information content (AvgIpc) is 3.12. The highest BCUT2D eigenvalue weighted by atomic mass is 16.6. The van der Waals surface area contributed by atoms with Crippen LogP contribution in [0, 0.1) is 32.1 Å². The molecule has 2 aromatic carbocycles. The molecule has 3 amide bonds. The molecular weight excluding hydrogens is 460 g/mol. The molecule has 0 unspecified atom stereocenters. The highest BCUT2D eigenvalue weighted by Gasteiger charge is 2.51. The Morgan fingerprint density at radius 1 is 0.800 bits per heavy atom. The molecule has 2 aliphatic rings. The molecule has 0 bridgehead atoms. The highest BCUT2D eigenvalue weighted by molar-refractivity contribution is 6.09. The van der Waals surface area contributed by atoms with Crippen LogP contribution in [0.5, 0.6) is 0 Å². The van der Waals surface area contributed by atoms with Crippen molar-refractivity contribution >= 4 is 34.9 Å². The van der Waals surface area contributed by atoms with Crippen molar-refractivity contribution in [3.8, 4) is 0 Å². The van der Waals surface area contributed by atoms with Crippen molar-refractivity contribution < 1.29 is 29.0 Å². The van der Waals surface area contributed by atoms with E-state index in [9.17, 15) is 39.4 Å². The smallest absolute Gasteiger partial charge is 0.273 e. The average molecular weight is 478 g/mol. The molecule has 0 aromatic heterocycles. The molecule has 178 valence electrons. The number of hydrazine groups is 1. The van der Waals surface area contributed by atoms with Crippen LogP contribution in [0.4, 0.5) is 11.4 Å². The molecule has 0 saturated carbocycles. The van der Waals surface area contributed by atoms with E-state index >= 15 is 0 Å². The number of ketones is 1. The number of hydrogen-bond acceptors (Lipinski definition) is 8. The Balaban J connectivity index is 1.67. The molecule has 0 spiro atoms. The Labute approximate surface area is 197 Å². The van der Waals surface area contributed by atoms with Gasteiger partial charge in [0.05, 0.1) is 21.7 Å². The van der Waals surface area contributed by atoms with Gasteiger partial charge in [-0.15, -0.1) is 0 Å². The zero-order valence-corrected chi connectivity index (χ0v) is 18.1. The van der Waals surface area contributed by atoms with Gasteiger partial charge in [-0.1, -0.05) is 12.2 Å². The van der Waals surface area contributed by atoms with Crippen molar-refractivity contribution in [2.45, 2.75) is 12.8 Å². The number of rotatable bonds is 7. The second-order valence-corrected chi connectivity index (χ2v) is 8.04. The first-order valence-electron chi connectivity index (χ1n) is 10.6. The fourth-order valence-electron chi connectivity index (χ4n) is 4.13. The predicted molar refractivity (Wildman–Crippen MR) is 119 cm³/mol. The molecule has 1 saturated heterocycles. The SMILES string of the molecule is O=C(CN(C(=O)c1ccc([N+](=O)[O-])cc1)N1C(=O)[C@H]2CC=CC[C@H]2C1=O)c1ccc([N+](=O)[O-])cc1. The van der Waals surface area contributed by atoms with Gasteiger partial charge in [-0.25, -0.2) is 5.01 Å². The number of nitro groups is 2. The predicted octanol–water partition coefficient (Wildman–Crippen LogP) is 2.69. The molecule has 0 radical (unpaired) electrons. The lowest BCUT2D eigenvalue weighted by atomic mass is 9.85. The summed E-state index contributed by atoms with van der Waals surface area (Å²) in [5.41, 5.74) is -0.529.